The van der Waals surface area contributed by atoms with E-state index in [2.05, 4.69) is 43.5 Å². The zero-order chi connectivity index (χ0) is 24.2. The second-order valence-corrected chi connectivity index (χ2v) is 9.59. The van der Waals surface area contributed by atoms with Gasteiger partial charge in [-0.2, -0.15) is 5.26 Å². The molecule has 0 atom stereocenters. The summed E-state index contributed by atoms with van der Waals surface area (Å²) in [5.74, 6) is -0.388. The van der Waals surface area contributed by atoms with Crippen LogP contribution in [0.4, 0.5) is 5.69 Å². The first kappa shape index (κ1) is 21.8. The molecule has 0 amide bonds. The van der Waals surface area contributed by atoms with E-state index in [1.54, 1.807) is 18.2 Å². The number of anilines is 1. The van der Waals surface area contributed by atoms with Gasteiger partial charge >= 0.3 is 0 Å². The number of hydrogen-bond donors (Lipinski definition) is 1. The number of aryl methyl sites for hydroxylation is 2. The van der Waals surface area contributed by atoms with Crippen LogP contribution < -0.4 is 20.9 Å². The van der Waals surface area contributed by atoms with Crippen LogP contribution in [0.1, 0.15) is 42.5 Å². The van der Waals surface area contributed by atoms with Gasteiger partial charge in [-0.25, -0.2) is 4.57 Å². The lowest BCUT2D eigenvalue weighted by atomic mass is 9.83. The summed E-state index contributed by atoms with van der Waals surface area (Å²) in [5, 5.41) is 21.0. The maximum absolute atomic E-state index is 13.5. The van der Waals surface area contributed by atoms with Crippen molar-refractivity contribution >= 4 is 18.3 Å². The summed E-state index contributed by atoms with van der Waals surface area (Å²) in [4.78, 5) is 15.9. The summed E-state index contributed by atoms with van der Waals surface area (Å²) >= 11 is 0. The van der Waals surface area contributed by atoms with Crippen LogP contribution in [0.15, 0.2) is 59.0 Å². The SMILES string of the molecule is C=c1c(C#N)c(O)n(-c2ccc(C)cc2)c(=O)/c1=C\C=C1N2CCCc3cccc(c32)C1(C)C. The minimum atomic E-state index is -0.408. The van der Waals surface area contributed by atoms with Crippen molar-refractivity contribution in [2.24, 2.45) is 0 Å². The van der Waals surface area contributed by atoms with Crippen LogP contribution in [-0.2, 0) is 11.8 Å². The van der Waals surface area contributed by atoms with Gasteiger partial charge in [0.15, 0.2) is 0 Å². The van der Waals surface area contributed by atoms with Crippen molar-refractivity contribution in [1.82, 2.24) is 4.57 Å². The van der Waals surface area contributed by atoms with E-state index in [0.717, 1.165) is 30.6 Å². The molecule has 0 radical (unpaired) electrons. The average molecular weight is 450 g/mol. The first-order valence-corrected chi connectivity index (χ1v) is 11.5. The third-order valence-electron chi connectivity index (χ3n) is 7.13. The van der Waals surface area contributed by atoms with Crippen LogP contribution in [0.2, 0.25) is 0 Å². The van der Waals surface area contributed by atoms with Gasteiger partial charge in [0.2, 0.25) is 5.88 Å². The first-order valence-electron chi connectivity index (χ1n) is 11.5. The molecule has 3 heterocycles. The average Bonchev–Trinajstić information content (AvgIpc) is 3.03. The van der Waals surface area contributed by atoms with Crippen molar-refractivity contribution in [2.75, 3.05) is 11.4 Å². The Morgan fingerprint density at radius 2 is 1.88 bits per heavy atom. The summed E-state index contributed by atoms with van der Waals surface area (Å²) in [6, 6.07) is 15.8. The van der Waals surface area contributed by atoms with E-state index < -0.39 is 5.56 Å². The molecule has 5 rings (SSSR count). The number of allylic oxidation sites excluding steroid dienone is 2. The maximum atomic E-state index is 13.5. The monoisotopic (exact) mass is 449 g/mol. The smallest absolute Gasteiger partial charge is 0.265 e. The fraction of sp³-hybridized carbons (Fsp3) is 0.241. The largest absolute Gasteiger partial charge is 0.493 e. The Bertz CT molecular complexity index is 1570. The molecule has 0 fully saturated rings. The van der Waals surface area contributed by atoms with E-state index in [1.807, 2.05) is 31.2 Å². The van der Waals surface area contributed by atoms with Gasteiger partial charge in [-0.15, -0.1) is 0 Å². The molecule has 0 bridgehead atoms. The molecule has 0 aliphatic carbocycles. The second kappa shape index (κ2) is 7.78. The predicted molar refractivity (Wildman–Crippen MR) is 136 cm³/mol. The molecule has 3 aromatic rings. The van der Waals surface area contributed by atoms with Gasteiger partial charge in [0.25, 0.3) is 5.56 Å². The Morgan fingerprint density at radius 3 is 2.59 bits per heavy atom. The highest BCUT2D eigenvalue weighted by Crippen LogP contribution is 2.50. The van der Waals surface area contributed by atoms with Gasteiger partial charge in [-0.1, -0.05) is 56.3 Å². The van der Waals surface area contributed by atoms with E-state index in [1.165, 1.54) is 21.4 Å². The quantitative estimate of drug-likeness (QED) is 0.650. The fourth-order valence-corrected chi connectivity index (χ4v) is 5.28. The van der Waals surface area contributed by atoms with E-state index in [-0.39, 0.29) is 22.1 Å². The lowest BCUT2D eigenvalue weighted by molar-refractivity contribution is 0.432. The highest BCUT2D eigenvalue weighted by Gasteiger charge is 2.41. The van der Waals surface area contributed by atoms with Crippen LogP contribution in [0, 0.1) is 18.3 Å². The predicted octanol–water partition coefficient (Wildman–Crippen LogP) is 3.54. The molecular weight excluding hydrogens is 422 g/mol. The van der Waals surface area contributed by atoms with E-state index in [9.17, 15) is 15.2 Å². The van der Waals surface area contributed by atoms with Crippen LogP contribution in [0.3, 0.4) is 0 Å². The standard InChI is InChI=1S/C29H27N3O2/c1-18-10-12-21(13-11-18)32-27(33)22(19(2)23(17-30)28(32)34)14-15-25-29(3,4)24-9-5-7-20-8-6-16-31(25)26(20)24/h5,7,9-15,34H,2,6,8,16H2,1,3-4H3/b22-14-,25-15?. The Morgan fingerprint density at radius 1 is 1.15 bits per heavy atom. The van der Waals surface area contributed by atoms with Gasteiger partial charge in [0, 0.05) is 33.8 Å². The van der Waals surface area contributed by atoms with E-state index in [4.69, 9.17) is 0 Å². The molecule has 5 heteroatoms. The number of rotatable bonds is 2. The number of benzene rings is 2. The van der Waals surface area contributed by atoms with E-state index in [0.29, 0.717) is 10.9 Å². The number of aromatic nitrogens is 1. The van der Waals surface area contributed by atoms with Gasteiger partial charge in [0.05, 0.1) is 5.69 Å². The summed E-state index contributed by atoms with van der Waals surface area (Å²) < 4.78 is 1.19. The van der Waals surface area contributed by atoms with Crippen LogP contribution in [-0.4, -0.2) is 16.2 Å². The van der Waals surface area contributed by atoms with Gasteiger partial charge in [-0.3, -0.25) is 4.79 Å². The Kier molecular flexibility index (Phi) is 4.98. The van der Waals surface area contributed by atoms with Crippen LogP contribution >= 0.6 is 0 Å². The Labute approximate surface area is 198 Å². The summed E-state index contributed by atoms with van der Waals surface area (Å²) in [5.41, 5.74) is 5.95. The molecule has 1 aromatic heterocycles. The first-order chi connectivity index (χ1) is 16.3. The lowest BCUT2D eigenvalue weighted by Crippen LogP contribution is -2.45. The van der Waals surface area contributed by atoms with Crippen molar-refractivity contribution in [3.05, 3.63) is 97.3 Å². The minimum absolute atomic E-state index is 0.000878. The third kappa shape index (κ3) is 3.10. The van der Waals surface area contributed by atoms with Crippen LogP contribution in [0.25, 0.3) is 18.3 Å². The number of para-hydroxylation sites is 1. The third-order valence-corrected chi connectivity index (χ3v) is 7.13. The minimum Gasteiger partial charge on any atom is -0.493 e. The number of nitriles is 1. The fourth-order valence-electron chi connectivity index (χ4n) is 5.28. The normalized spacial score (nSPS) is 17.6. The molecule has 5 nitrogen and oxygen atoms in total. The summed E-state index contributed by atoms with van der Waals surface area (Å²) in [6.07, 6.45) is 5.88. The molecule has 2 aliphatic heterocycles. The van der Waals surface area contributed by atoms with E-state index >= 15 is 0 Å². The zero-order valence-corrected chi connectivity index (χ0v) is 19.7. The van der Waals surface area contributed by atoms with Crippen molar-refractivity contribution < 1.29 is 5.11 Å². The van der Waals surface area contributed by atoms with Crippen molar-refractivity contribution in [2.45, 2.75) is 39.0 Å². The molecule has 0 saturated heterocycles. The Balaban J connectivity index is 1.76. The molecule has 0 unspecified atom stereocenters. The molecular formula is C29H27N3O2. The number of pyridine rings is 1. The number of aromatic hydroxyl groups is 1. The van der Waals surface area contributed by atoms with Crippen LogP contribution in [0.5, 0.6) is 5.88 Å². The topological polar surface area (TPSA) is 69.3 Å². The second-order valence-electron chi connectivity index (χ2n) is 9.59. The highest BCUT2D eigenvalue weighted by molar-refractivity contribution is 5.76. The summed E-state index contributed by atoms with van der Waals surface area (Å²) in [7, 11) is 0. The molecule has 1 N–H and O–H groups in total. The number of hydrogen-bond acceptors (Lipinski definition) is 4. The zero-order valence-electron chi connectivity index (χ0n) is 19.7. The number of nitrogens with zero attached hydrogens (tertiary/aromatic N) is 3. The van der Waals surface area contributed by atoms with Crippen molar-refractivity contribution in [3.8, 4) is 17.6 Å². The highest BCUT2D eigenvalue weighted by atomic mass is 16.3. The van der Waals surface area contributed by atoms with Gasteiger partial charge in [0.1, 0.15) is 11.6 Å². The molecule has 2 aromatic carbocycles. The molecule has 34 heavy (non-hydrogen) atoms. The lowest BCUT2D eigenvalue weighted by Gasteiger charge is -2.30. The van der Waals surface area contributed by atoms with Crippen molar-refractivity contribution in [1.29, 1.82) is 5.26 Å². The Hall–Kier alpha value is -4.04. The summed E-state index contributed by atoms with van der Waals surface area (Å²) in [6.45, 7) is 11.3. The molecule has 170 valence electrons. The van der Waals surface area contributed by atoms with Crippen molar-refractivity contribution in [3.63, 3.8) is 0 Å². The van der Waals surface area contributed by atoms with Gasteiger partial charge in [-0.05, 0) is 55.2 Å². The molecule has 0 saturated carbocycles. The molecule has 0 spiro atoms. The van der Waals surface area contributed by atoms with Gasteiger partial charge < -0.3 is 10.0 Å². The maximum Gasteiger partial charge on any atom is 0.265 e. The molecule has 2 aliphatic rings.